The van der Waals surface area contributed by atoms with Gasteiger partial charge in [0, 0.05) is 18.9 Å². The van der Waals surface area contributed by atoms with Crippen molar-refractivity contribution < 1.29 is 4.79 Å². The van der Waals surface area contributed by atoms with Crippen LogP contribution in [0, 0.1) is 6.92 Å². The summed E-state index contributed by atoms with van der Waals surface area (Å²) in [6.45, 7) is 4.76. The molecule has 0 bridgehead atoms. The van der Waals surface area contributed by atoms with Crippen LogP contribution in [0.4, 0.5) is 0 Å². The Balaban J connectivity index is 2.37. The van der Waals surface area contributed by atoms with Crippen LogP contribution in [-0.4, -0.2) is 15.3 Å². The summed E-state index contributed by atoms with van der Waals surface area (Å²) in [6.07, 6.45) is 4.44. The molecule has 0 spiro atoms. The molecule has 3 nitrogen and oxygen atoms in total. The van der Waals surface area contributed by atoms with Crippen molar-refractivity contribution in [2.24, 2.45) is 0 Å². The molecule has 0 aromatic carbocycles. The summed E-state index contributed by atoms with van der Waals surface area (Å²) in [6, 6.07) is 0. The van der Waals surface area contributed by atoms with Gasteiger partial charge in [0.05, 0.1) is 9.90 Å². The molecule has 0 unspecified atom stereocenters. The fourth-order valence-electron chi connectivity index (χ4n) is 1.62. The Hall–Kier alpha value is -1.13. The SMILES string of the molecule is CCCn1ccnc1C(=O)c1scc(C)c1Cl. The highest BCUT2D eigenvalue weighted by Gasteiger charge is 2.20. The van der Waals surface area contributed by atoms with Crippen LogP contribution in [-0.2, 0) is 6.54 Å². The molecule has 2 heterocycles. The number of rotatable bonds is 4. The first-order chi connectivity index (χ1) is 8.15. The van der Waals surface area contributed by atoms with Crippen LogP contribution in [0.15, 0.2) is 17.8 Å². The first-order valence-corrected chi connectivity index (χ1v) is 6.70. The van der Waals surface area contributed by atoms with E-state index in [0.717, 1.165) is 18.5 Å². The van der Waals surface area contributed by atoms with E-state index in [1.807, 2.05) is 23.1 Å². The van der Waals surface area contributed by atoms with Crippen molar-refractivity contribution in [2.45, 2.75) is 26.8 Å². The number of aromatic nitrogens is 2. The third-order valence-corrected chi connectivity index (χ3v) is 4.18. The fraction of sp³-hybridized carbons (Fsp3) is 0.333. The largest absolute Gasteiger partial charge is 0.328 e. The number of hydrogen-bond acceptors (Lipinski definition) is 3. The predicted octanol–water partition coefficient (Wildman–Crippen LogP) is 3.55. The summed E-state index contributed by atoms with van der Waals surface area (Å²) in [4.78, 5) is 17.0. The maximum atomic E-state index is 12.3. The lowest BCUT2D eigenvalue weighted by Crippen LogP contribution is -2.10. The van der Waals surface area contributed by atoms with E-state index in [-0.39, 0.29) is 5.78 Å². The van der Waals surface area contributed by atoms with Gasteiger partial charge < -0.3 is 4.57 Å². The number of nitrogens with zero attached hydrogens (tertiary/aromatic N) is 2. The number of hydrogen-bond donors (Lipinski definition) is 0. The van der Waals surface area contributed by atoms with Gasteiger partial charge in [0.15, 0.2) is 5.82 Å². The van der Waals surface area contributed by atoms with Crippen molar-refractivity contribution >= 4 is 28.7 Å². The van der Waals surface area contributed by atoms with Gasteiger partial charge in [-0.15, -0.1) is 11.3 Å². The van der Waals surface area contributed by atoms with E-state index in [0.29, 0.717) is 15.7 Å². The van der Waals surface area contributed by atoms with Crippen LogP contribution >= 0.6 is 22.9 Å². The molecular formula is C12H13ClN2OS. The molecule has 90 valence electrons. The van der Waals surface area contributed by atoms with E-state index in [1.165, 1.54) is 11.3 Å². The smallest absolute Gasteiger partial charge is 0.239 e. The van der Waals surface area contributed by atoms with Crippen molar-refractivity contribution in [3.05, 3.63) is 39.1 Å². The van der Waals surface area contributed by atoms with E-state index in [1.54, 1.807) is 6.20 Å². The minimum atomic E-state index is -0.0912. The first-order valence-electron chi connectivity index (χ1n) is 5.44. The Morgan fingerprint density at radius 3 is 2.94 bits per heavy atom. The Bertz CT molecular complexity index is 544. The first kappa shape index (κ1) is 12.3. The number of aryl methyl sites for hydroxylation is 2. The van der Waals surface area contributed by atoms with Gasteiger partial charge in [0.2, 0.25) is 5.78 Å². The molecule has 0 atom stereocenters. The summed E-state index contributed by atoms with van der Waals surface area (Å²) < 4.78 is 1.87. The minimum Gasteiger partial charge on any atom is -0.328 e. The highest BCUT2D eigenvalue weighted by atomic mass is 35.5. The Morgan fingerprint density at radius 1 is 1.59 bits per heavy atom. The molecule has 17 heavy (non-hydrogen) atoms. The van der Waals surface area contributed by atoms with E-state index < -0.39 is 0 Å². The van der Waals surface area contributed by atoms with Gasteiger partial charge in [-0.1, -0.05) is 18.5 Å². The maximum Gasteiger partial charge on any atom is 0.239 e. The van der Waals surface area contributed by atoms with Gasteiger partial charge in [-0.25, -0.2) is 4.98 Å². The molecule has 2 rings (SSSR count). The number of carbonyl (C=O) groups is 1. The monoisotopic (exact) mass is 268 g/mol. The summed E-state index contributed by atoms with van der Waals surface area (Å²) in [5.74, 6) is 0.377. The lowest BCUT2D eigenvalue weighted by Gasteiger charge is -2.04. The van der Waals surface area contributed by atoms with Crippen molar-refractivity contribution in [3.8, 4) is 0 Å². The molecule has 2 aromatic heterocycles. The molecule has 0 saturated carbocycles. The number of thiophene rings is 1. The van der Waals surface area contributed by atoms with Gasteiger partial charge in [-0.05, 0) is 24.3 Å². The maximum absolute atomic E-state index is 12.3. The zero-order valence-electron chi connectivity index (χ0n) is 9.74. The Morgan fingerprint density at radius 2 is 2.35 bits per heavy atom. The molecule has 0 fully saturated rings. The number of imidazole rings is 1. The molecule has 5 heteroatoms. The zero-order chi connectivity index (χ0) is 12.4. The van der Waals surface area contributed by atoms with Gasteiger partial charge in [0.25, 0.3) is 0 Å². The molecule has 0 radical (unpaired) electrons. The number of halogens is 1. The quantitative estimate of drug-likeness (QED) is 0.795. The molecule has 0 aliphatic carbocycles. The van der Waals surface area contributed by atoms with E-state index in [9.17, 15) is 4.79 Å². The molecule has 0 aliphatic rings. The molecule has 2 aromatic rings. The summed E-state index contributed by atoms with van der Waals surface area (Å²) in [5.41, 5.74) is 0.939. The van der Waals surface area contributed by atoms with Crippen molar-refractivity contribution in [2.75, 3.05) is 0 Å². The highest BCUT2D eigenvalue weighted by molar-refractivity contribution is 7.13. The number of ketones is 1. The molecule has 0 saturated heterocycles. The predicted molar refractivity (Wildman–Crippen MR) is 70.0 cm³/mol. The fourth-order valence-corrected chi connectivity index (χ4v) is 2.84. The van der Waals surface area contributed by atoms with Crippen LogP contribution in [0.25, 0.3) is 0 Å². The van der Waals surface area contributed by atoms with Crippen LogP contribution in [0.3, 0.4) is 0 Å². The average Bonchev–Trinajstić information content (AvgIpc) is 2.88. The third-order valence-electron chi connectivity index (χ3n) is 2.49. The normalized spacial score (nSPS) is 10.8. The summed E-state index contributed by atoms with van der Waals surface area (Å²) in [7, 11) is 0. The van der Waals surface area contributed by atoms with Crippen LogP contribution in [0.1, 0.15) is 34.4 Å². The lowest BCUT2D eigenvalue weighted by atomic mass is 10.2. The molecule has 0 N–H and O–H groups in total. The van der Waals surface area contributed by atoms with E-state index in [2.05, 4.69) is 11.9 Å². The van der Waals surface area contributed by atoms with E-state index in [4.69, 9.17) is 11.6 Å². The van der Waals surface area contributed by atoms with Crippen molar-refractivity contribution in [1.29, 1.82) is 0 Å². The van der Waals surface area contributed by atoms with Crippen molar-refractivity contribution in [1.82, 2.24) is 9.55 Å². The molecule has 0 amide bonds. The summed E-state index contributed by atoms with van der Waals surface area (Å²) >= 11 is 7.48. The second-order valence-corrected chi connectivity index (χ2v) is 5.09. The highest BCUT2D eigenvalue weighted by Crippen LogP contribution is 2.28. The number of carbonyl (C=O) groups excluding carboxylic acids is 1. The van der Waals surface area contributed by atoms with Gasteiger partial charge >= 0.3 is 0 Å². The van der Waals surface area contributed by atoms with Crippen LogP contribution < -0.4 is 0 Å². The second kappa shape index (κ2) is 5.02. The van der Waals surface area contributed by atoms with Gasteiger partial charge in [-0.3, -0.25) is 4.79 Å². The Kier molecular flexibility index (Phi) is 3.64. The van der Waals surface area contributed by atoms with Crippen molar-refractivity contribution in [3.63, 3.8) is 0 Å². The van der Waals surface area contributed by atoms with E-state index >= 15 is 0 Å². The van der Waals surface area contributed by atoms with Gasteiger partial charge in [0.1, 0.15) is 0 Å². The Labute approximate surface area is 109 Å². The van der Waals surface area contributed by atoms with Crippen LogP contribution in [0.5, 0.6) is 0 Å². The lowest BCUT2D eigenvalue weighted by molar-refractivity contribution is 0.102. The van der Waals surface area contributed by atoms with Crippen LogP contribution in [0.2, 0.25) is 5.02 Å². The topological polar surface area (TPSA) is 34.9 Å². The standard InChI is InChI=1S/C12H13ClN2OS/c1-3-5-15-6-4-14-12(15)10(16)11-9(13)8(2)7-17-11/h4,6-7H,3,5H2,1-2H3. The minimum absolute atomic E-state index is 0.0912. The zero-order valence-corrected chi connectivity index (χ0v) is 11.3. The molecular weight excluding hydrogens is 256 g/mol. The summed E-state index contributed by atoms with van der Waals surface area (Å²) in [5, 5.41) is 2.44. The average molecular weight is 269 g/mol. The second-order valence-electron chi connectivity index (χ2n) is 3.84. The van der Waals surface area contributed by atoms with Gasteiger partial charge in [-0.2, -0.15) is 0 Å². The molecule has 0 aliphatic heterocycles. The third kappa shape index (κ3) is 2.28.